The van der Waals surface area contributed by atoms with Gasteiger partial charge in [-0.1, -0.05) is 13.8 Å². The van der Waals surface area contributed by atoms with Crippen molar-refractivity contribution >= 4 is 5.97 Å². The Bertz CT molecular complexity index is 459. The number of carbonyl (C=O) groups is 1. The van der Waals surface area contributed by atoms with E-state index in [0.29, 0.717) is 23.6 Å². The molecule has 1 N–H and O–H groups in total. The van der Waals surface area contributed by atoms with Crippen LogP contribution in [0.4, 0.5) is 0 Å². The molecule has 0 bridgehead atoms. The zero-order valence-corrected chi connectivity index (χ0v) is 12.1. The van der Waals surface area contributed by atoms with Crippen LogP contribution in [0.2, 0.25) is 0 Å². The van der Waals surface area contributed by atoms with Crippen molar-refractivity contribution in [2.24, 2.45) is 11.3 Å². The standard InChI is InChI=1S/C14H21NO4/c1-9(2)14(3,13(16)17)8-10-12(19-5)11(18-4)6-7-15-10/h6-7,9H,8H2,1-5H3,(H,16,17). The summed E-state index contributed by atoms with van der Waals surface area (Å²) >= 11 is 0. The summed E-state index contributed by atoms with van der Waals surface area (Å²) in [5.74, 6) is 0.194. The molecule has 0 aliphatic carbocycles. The third kappa shape index (κ3) is 2.97. The molecular formula is C14H21NO4. The normalized spacial score (nSPS) is 14.0. The molecule has 0 saturated carbocycles. The van der Waals surface area contributed by atoms with Crippen LogP contribution in [-0.2, 0) is 11.2 Å². The fourth-order valence-electron chi connectivity index (χ4n) is 1.85. The van der Waals surface area contributed by atoms with Crippen LogP contribution in [0.3, 0.4) is 0 Å². The van der Waals surface area contributed by atoms with Crippen LogP contribution >= 0.6 is 0 Å². The molecule has 1 rings (SSSR count). The summed E-state index contributed by atoms with van der Waals surface area (Å²) in [5.41, 5.74) is -0.299. The van der Waals surface area contributed by atoms with Gasteiger partial charge in [0.25, 0.3) is 0 Å². The van der Waals surface area contributed by atoms with Gasteiger partial charge < -0.3 is 14.6 Å². The van der Waals surface area contributed by atoms with Crippen LogP contribution in [0.15, 0.2) is 12.3 Å². The molecule has 5 nitrogen and oxygen atoms in total. The van der Waals surface area contributed by atoms with Gasteiger partial charge in [0, 0.05) is 18.7 Å². The lowest BCUT2D eigenvalue weighted by atomic mass is 9.75. The number of aliphatic carboxylic acids is 1. The molecule has 0 radical (unpaired) electrons. The van der Waals surface area contributed by atoms with Crippen LogP contribution in [0.5, 0.6) is 11.5 Å². The maximum Gasteiger partial charge on any atom is 0.310 e. The van der Waals surface area contributed by atoms with Gasteiger partial charge in [0.05, 0.1) is 25.3 Å². The molecule has 1 atom stereocenters. The molecule has 1 heterocycles. The van der Waals surface area contributed by atoms with E-state index in [-0.39, 0.29) is 5.92 Å². The summed E-state index contributed by atoms with van der Waals surface area (Å²) in [7, 11) is 3.07. The molecule has 0 saturated heterocycles. The van der Waals surface area contributed by atoms with Crippen molar-refractivity contribution < 1.29 is 19.4 Å². The number of pyridine rings is 1. The molecule has 19 heavy (non-hydrogen) atoms. The van der Waals surface area contributed by atoms with Gasteiger partial charge in [-0.3, -0.25) is 9.78 Å². The number of nitrogens with zero attached hydrogens (tertiary/aromatic N) is 1. The van der Waals surface area contributed by atoms with Crippen molar-refractivity contribution in [2.45, 2.75) is 27.2 Å². The lowest BCUT2D eigenvalue weighted by Crippen LogP contribution is -2.35. The summed E-state index contributed by atoms with van der Waals surface area (Å²) in [5, 5.41) is 9.45. The number of carboxylic acids is 1. The summed E-state index contributed by atoms with van der Waals surface area (Å²) in [4.78, 5) is 15.8. The highest BCUT2D eigenvalue weighted by Crippen LogP contribution is 2.37. The summed E-state index contributed by atoms with van der Waals surface area (Å²) in [6.45, 7) is 5.50. The fourth-order valence-corrected chi connectivity index (χ4v) is 1.85. The quantitative estimate of drug-likeness (QED) is 0.857. The lowest BCUT2D eigenvalue weighted by molar-refractivity contribution is -0.150. The second-order valence-corrected chi connectivity index (χ2v) is 5.05. The zero-order chi connectivity index (χ0) is 14.6. The van der Waals surface area contributed by atoms with Crippen molar-refractivity contribution in [3.63, 3.8) is 0 Å². The first-order chi connectivity index (χ1) is 8.86. The lowest BCUT2D eigenvalue weighted by Gasteiger charge is -2.29. The molecular weight excluding hydrogens is 246 g/mol. The summed E-state index contributed by atoms with van der Waals surface area (Å²) in [6, 6.07) is 1.69. The third-order valence-electron chi connectivity index (χ3n) is 3.66. The van der Waals surface area contributed by atoms with E-state index in [4.69, 9.17) is 9.47 Å². The van der Waals surface area contributed by atoms with E-state index in [2.05, 4.69) is 4.98 Å². The Labute approximate surface area is 113 Å². The van der Waals surface area contributed by atoms with E-state index >= 15 is 0 Å². The Balaban J connectivity index is 3.21. The van der Waals surface area contributed by atoms with Crippen LogP contribution in [-0.4, -0.2) is 30.3 Å². The van der Waals surface area contributed by atoms with E-state index < -0.39 is 11.4 Å². The minimum Gasteiger partial charge on any atom is -0.493 e. The predicted octanol–water partition coefficient (Wildman–Crippen LogP) is 2.39. The highest BCUT2D eigenvalue weighted by Gasteiger charge is 2.38. The number of aromatic nitrogens is 1. The average Bonchev–Trinajstić information content (AvgIpc) is 2.37. The predicted molar refractivity (Wildman–Crippen MR) is 71.6 cm³/mol. The van der Waals surface area contributed by atoms with E-state index in [9.17, 15) is 9.90 Å². The number of rotatable bonds is 6. The Morgan fingerprint density at radius 1 is 1.42 bits per heavy atom. The highest BCUT2D eigenvalue weighted by atomic mass is 16.5. The minimum atomic E-state index is -0.896. The fraction of sp³-hybridized carbons (Fsp3) is 0.571. The first-order valence-corrected chi connectivity index (χ1v) is 6.16. The number of carboxylic acid groups (broad SMARTS) is 1. The van der Waals surface area contributed by atoms with Crippen molar-refractivity contribution in [1.29, 1.82) is 0 Å². The van der Waals surface area contributed by atoms with Gasteiger partial charge in [-0.25, -0.2) is 0 Å². The van der Waals surface area contributed by atoms with Crippen molar-refractivity contribution in [2.75, 3.05) is 14.2 Å². The van der Waals surface area contributed by atoms with Crippen molar-refractivity contribution in [1.82, 2.24) is 4.98 Å². The maximum absolute atomic E-state index is 11.5. The van der Waals surface area contributed by atoms with Crippen molar-refractivity contribution in [3.05, 3.63) is 18.0 Å². The molecule has 0 aromatic carbocycles. The Morgan fingerprint density at radius 2 is 2.05 bits per heavy atom. The van der Waals surface area contributed by atoms with Crippen LogP contribution in [0.1, 0.15) is 26.5 Å². The number of hydrogen-bond acceptors (Lipinski definition) is 4. The third-order valence-corrected chi connectivity index (χ3v) is 3.66. The van der Waals surface area contributed by atoms with Gasteiger partial charge in [-0.15, -0.1) is 0 Å². The highest BCUT2D eigenvalue weighted by molar-refractivity contribution is 5.75. The summed E-state index contributed by atoms with van der Waals surface area (Å²) in [6.07, 6.45) is 1.89. The van der Waals surface area contributed by atoms with Crippen LogP contribution in [0, 0.1) is 11.3 Å². The van der Waals surface area contributed by atoms with Gasteiger partial charge in [0.1, 0.15) is 0 Å². The summed E-state index contributed by atoms with van der Waals surface area (Å²) < 4.78 is 10.5. The van der Waals surface area contributed by atoms with Crippen LogP contribution < -0.4 is 9.47 Å². The second-order valence-electron chi connectivity index (χ2n) is 5.05. The molecule has 0 aliphatic rings. The largest absolute Gasteiger partial charge is 0.493 e. The van der Waals surface area contributed by atoms with E-state index in [1.165, 1.54) is 7.11 Å². The Hall–Kier alpha value is -1.78. The van der Waals surface area contributed by atoms with Crippen molar-refractivity contribution in [3.8, 4) is 11.5 Å². The second kappa shape index (κ2) is 5.91. The smallest absolute Gasteiger partial charge is 0.310 e. The monoisotopic (exact) mass is 267 g/mol. The van der Waals surface area contributed by atoms with Gasteiger partial charge in [0.2, 0.25) is 0 Å². The Morgan fingerprint density at radius 3 is 2.47 bits per heavy atom. The molecule has 5 heteroatoms. The van der Waals surface area contributed by atoms with Gasteiger partial charge in [-0.05, 0) is 12.8 Å². The first kappa shape index (κ1) is 15.3. The van der Waals surface area contributed by atoms with Gasteiger partial charge >= 0.3 is 5.97 Å². The first-order valence-electron chi connectivity index (χ1n) is 6.16. The minimum absolute atomic E-state index is 0.0253. The van der Waals surface area contributed by atoms with Gasteiger partial charge in [0.15, 0.2) is 11.5 Å². The van der Waals surface area contributed by atoms with Crippen LogP contribution in [0.25, 0.3) is 0 Å². The average molecular weight is 267 g/mol. The SMILES string of the molecule is COc1ccnc(CC(C)(C(=O)O)C(C)C)c1OC. The molecule has 1 aromatic heterocycles. The van der Waals surface area contributed by atoms with E-state index in [0.717, 1.165) is 0 Å². The van der Waals surface area contributed by atoms with E-state index in [1.807, 2.05) is 13.8 Å². The molecule has 106 valence electrons. The number of ether oxygens (including phenoxy) is 2. The maximum atomic E-state index is 11.5. The molecule has 1 aromatic rings. The molecule has 0 aliphatic heterocycles. The number of hydrogen-bond donors (Lipinski definition) is 1. The zero-order valence-electron chi connectivity index (χ0n) is 12.1. The topological polar surface area (TPSA) is 68.7 Å². The molecule has 0 spiro atoms. The van der Waals surface area contributed by atoms with Gasteiger partial charge in [-0.2, -0.15) is 0 Å². The Kier molecular flexibility index (Phi) is 4.75. The molecule has 1 unspecified atom stereocenters. The molecule has 0 fully saturated rings. The number of methoxy groups -OCH3 is 2. The molecule has 0 amide bonds. The van der Waals surface area contributed by atoms with E-state index in [1.54, 1.807) is 26.3 Å².